The molecule has 0 aliphatic carbocycles. The summed E-state index contributed by atoms with van der Waals surface area (Å²) >= 11 is 12.6. The van der Waals surface area contributed by atoms with Gasteiger partial charge in [-0.15, -0.1) is 0 Å². The molecule has 2 amide bonds. The fourth-order valence-electron chi connectivity index (χ4n) is 4.26. The SMILES string of the molecule is CCC(C(=O)NC(C)(C)C)N(Cc1ccccc1C)C(=O)CN(c1ccc(Cl)cc1Cl)S(=O)(=O)c1ccccc1. The van der Waals surface area contributed by atoms with E-state index in [9.17, 15) is 18.0 Å². The van der Waals surface area contributed by atoms with E-state index in [1.807, 2.05) is 58.9 Å². The van der Waals surface area contributed by atoms with Gasteiger partial charge in [-0.25, -0.2) is 8.42 Å². The molecular formula is C30H35Cl2N3O4S. The molecule has 0 radical (unpaired) electrons. The number of benzene rings is 3. The van der Waals surface area contributed by atoms with Crippen molar-refractivity contribution in [3.63, 3.8) is 0 Å². The minimum absolute atomic E-state index is 0.00297. The Kier molecular flexibility index (Phi) is 10.3. The van der Waals surface area contributed by atoms with E-state index < -0.39 is 34.1 Å². The lowest BCUT2D eigenvalue weighted by Gasteiger charge is -2.35. The van der Waals surface area contributed by atoms with E-state index in [1.165, 1.54) is 35.2 Å². The van der Waals surface area contributed by atoms with Crippen LogP contribution in [0.3, 0.4) is 0 Å². The zero-order valence-electron chi connectivity index (χ0n) is 23.3. The molecule has 0 heterocycles. The molecule has 7 nitrogen and oxygen atoms in total. The van der Waals surface area contributed by atoms with Gasteiger partial charge in [-0.05, 0) is 75.6 Å². The van der Waals surface area contributed by atoms with E-state index in [2.05, 4.69) is 5.32 Å². The first kappa shape index (κ1) is 31.5. The fraction of sp³-hybridized carbons (Fsp3) is 0.333. The maximum atomic E-state index is 14.1. The number of hydrogen-bond donors (Lipinski definition) is 1. The van der Waals surface area contributed by atoms with Crippen molar-refractivity contribution in [2.45, 2.75) is 64.1 Å². The smallest absolute Gasteiger partial charge is 0.264 e. The summed E-state index contributed by atoms with van der Waals surface area (Å²) in [4.78, 5) is 29.0. The minimum atomic E-state index is -4.22. The highest BCUT2D eigenvalue weighted by Crippen LogP contribution is 2.33. The van der Waals surface area contributed by atoms with Crippen LogP contribution in [0.1, 0.15) is 45.2 Å². The third-order valence-electron chi connectivity index (χ3n) is 6.27. The molecule has 0 fully saturated rings. The van der Waals surface area contributed by atoms with E-state index in [1.54, 1.807) is 18.2 Å². The lowest BCUT2D eigenvalue weighted by atomic mass is 10.0. The van der Waals surface area contributed by atoms with Crippen molar-refractivity contribution in [1.29, 1.82) is 0 Å². The molecule has 0 bridgehead atoms. The quantitative estimate of drug-likeness (QED) is 0.298. The number of amides is 2. The van der Waals surface area contributed by atoms with Crippen LogP contribution in [0.15, 0.2) is 77.7 Å². The molecule has 214 valence electrons. The Balaban J connectivity index is 2.11. The average molecular weight is 605 g/mol. The summed E-state index contributed by atoms with van der Waals surface area (Å²) < 4.78 is 28.7. The van der Waals surface area contributed by atoms with Crippen molar-refractivity contribution in [2.24, 2.45) is 0 Å². The number of nitrogens with one attached hydrogen (secondary N) is 1. The molecule has 3 aromatic rings. The zero-order chi connectivity index (χ0) is 29.7. The van der Waals surface area contributed by atoms with Gasteiger partial charge in [0.1, 0.15) is 12.6 Å². The summed E-state index contributed by atoms with van der Waals surface area (Å²) in [5, 5.41) is 3.36. The summed E-state index contributed by atoms with van der Waals surface area (Å²) in [6.45, 7) is 8.87. The number of nitrogens with zero attached hydrogens (tertiary/aromatic N) is 2. The van der Waals surface area contributed by atoms with Crippen LogP contribution >= 0.6 is 23.2 Å². The molecule has 0 spiro atoms. The van der Waals surface area contributed by atoms with Crippen molar-refractivity contribution < 1.29 is 18.0 Å². The lowest BCUT2D eigenvalue weighted by Crippen LogP contribution is -2.55. The number of carbonyl (C=O) groups is 2. The molecule has 0 aliphatic rings. The Hall–Kier alpha value is -3.07. The molecule has 0 saturated heterocycles. The number of aryl methyl sites for hydroxylation is 1. The Morgan fingerprint density at radius 2 is 1.57 bits per heavy atom. The second-order valence-electron chi connectivity index (χ2n) is 10.5. The second kappa shape index (κ2) is 13.1. The van der Waals surface area contributed by atoms with Crippen LogP contribution in [0.4, 0.5) is 5.69 Å². The zero-order valence-corrected chi connectivity index (χ0v) is 25.6. The highest BCUT2D eigenvalue weighted by Gasteiger charge is 2.35. The third-order valence-corrected chi connectivity index (χ3v) is 8.59. The largest absolute Gasteiger partial charge is 0.350 e. The van der Waals surface area contributed by atoms with Gasteiger partial charge >= 0.3 is 0 Å². The molecule has 3 aromatic carbocycles. The van der Waals surface area contributed by atoms with Crippen molar-refractivity contribution in [1.82, 2.24) is 10.2 Å². The maximum absolute atomic E-state index is 14.1. The van der Waals surface area contributed by atoms with Gasteiger partial charge in [-0.1, -0.05) is 72.6 Å². The lowest BCUT2D eigenvalue weighted by molar-refractivity contribution is -0.141. The number of rotatable bonds is 10. The van der Waals surface area contributed by atoms with E-state index in [4.69, 9.17) is 23.2 Å². The van der Waals surface area contributed by atoms with Gasteiger partial charge in [0.15, 0.2) is 0 Å². The van der Waals surface area contributed by atoms with E-state index in [0.717, 1.165) is 15.4 Å². The molecule has 1 unspecified atom stereocenters. The molecule has 40 heavy (non-hydrogen) atoms. The third kappa shape index (κ3) is 7.77. The monoisotopic (exact) mass is 603 g/mol. The standard InChI is InChI=1S/C30H35Cl2N3O4S/c1-6-26(29(37)33-30(3,4)5)34(19-22-13-11-10-12-21(22)2)28(36)20-35(27-17-16-23(31)18-25(27)32)40(38,39)24-14-8-7-9-15-24/h7-18,26H,6,19-20H2,1-5H3,(H,33,37). The van der Waals surface area contributed by atoms with Crippen LogP contribution in [0, 0.1) is 6.92 Å². The molecule has 0 saturated carbocycles. The Bertz CT molecular complexity index is 1460. The first-order valence-electron chi connectivity index (χ1n) is 12.9. The predicted molar refractivity (Wildman–Crippen MR) is 161 cm³/mol. The van der Waals surface area contributed by atoms with Crippen LogP contribution in [0.25, 0.3) is 0 Å². The molecule has 1 atom stereocenters. The number of halogens is 2. The molecule has 10 heteroatoms. The van der Waals surface area contributed by atoms with Gasteiger partial charge < -0.3 is 10.2 Å². The number of carbonyl (C=O) groups excluding carboxylic acids is 2. The highest BCUT2D eigenvalue weighted by atomic mass is 35.5. The van der Waals surface area contributed by atoms with Crippen LogP contribution < -0.4 is 9.62 Å². The first-order valence-corrected chi connectivity index (χ1v) is 15.1. The van der Waals surface area contributed by atoms with Gasteiger partial charge in [0.2, 0.25) is 11.8 Å². The van der Waals surface area contributed by atoms with Gasteiger partial charge in [0.05, 0.1) is 15.6 Å². The van der Waals surface area contributed by atoms with Crippen molar-refractivity contribution in [2.75, 3.05) is 10.8 Å². The van der Waals surface area contributed by atoms with Gasteiger partial charge in [0, 0.05) is 17.1 Å². The highest BCUT2D eigenvalue weighted by molar-refractivity contribution is 7.92. The van der Waals surface area contributed by atoms with E-state index in [0.29, 0.717) is 11.4 Å². The van der Waals surface area contributed by atoms with Crippen LogP contribution in [0.2, 0.25) is 10.0 Å². The summed E-state index contributed by atoms with van der Waals surface area (Å²) in [7, 11) is -4.22. The van der Waals surface area contributed by atoms with E-state index in [-0.39, 0.29) is 28.1 Å². The summed E-state index contributed by atoms with van der Waals surface area (Å²) in [5.74, 6) is -0.872. The van der Waals surface area contributed by atoms with Crippen LogP contribution in [-0.4, -0.2) is 43.3 Å². The molecular weight excluding hydrogens is 569 g/mol. The first-order chi connectivity index (χ1) is 18.7. The second-order valence-corrected chi connectivity index (χ2v) is 13.2. The van der Waals surface area contributed by atoms with Crippen LogP contribution in [0.5, 0.6) is 0 Å². The van der Waals surface area contributed by atoms with Crippen LogP contribution in [-0.2, 0) is 26.2 Å². The minimum Gasteiger partial charge on any atom is -0.350 e. The van der Waals surface area contributed by atoms with Crippen molar-refractivity contribution >= 4 is 50.7 Å². The van der Waals surface area contributed by atoms with Crippen molar-refractivity contribution in [3.05, 3.63) is 94.0 Å². The van der Waals surface area contributed by atoms with Gasteiger partial charge in [-0.2, -0.15) is 0 Å². The molecule has 1 N–H and O–H groups in total. The van der Waals surface area contributed by atoms with Crippen molar-refractivity contribution in [3.8, 4) is 0 Å². The fourth-order valence-corrected chi connectivity index (χ4v) is 6.27. The maximum Gasteiger partial charge on any atom is 0.264 e. The number of hydrogen-bond acceptors (Lipinski definition) is 4. The topological polar surface area (TPSA) is 86.8 Å². The van der Waals surface area contributed by atoms with Gasteiger partial charge in [0.25, 0.3) is 10.0 Å². The molecule has 3 rings (SSSR count). The molecule has 0 aliphatic heterocycles. The number of anilines is 1. The van der Waals surface area contributed by atoms with E-state index >= 15 is 0 Å². The summed E-state index contributed by atoms with van der Waals surface area (Å²) in [5.41, 5.74) is 1.37. The van der Waals surface area contributed by atoms with Gasteiger partial charge in [-0.3, -0.25) is 13.9 Å². The normalized spacial score (nSPS) is 12.5. The molecule has 0 aromatic heterocycles. The summed E-state index contributed by atoms with van der Waals surface area (Å²) in [6, 6.07) is 18.9. The summed E-state index contributed by atoms with van der Waals surface area (Å²) in [6.07, 6.45) is 0.326. The number of sulfonamides is 1. The Morgan fingerprint density at radius 1 is 0.950 bits per heavy atom. The Morgan fingerprint density at radius 3 is 2.15 bits per heavy atom. The average Bonchev–Trinajstić information content (AvgIpc) is 2.88. The predicted octanol–water partition coefficient (Wildman–Crippen LogP) is 6.22. The Labute approximate surface area is 247 Å².